The molecule has 0 saturated heterocycles. The molecule has 0 spiro atoms. The van der Waals surface area contributed by atoms with Crippen LogP contribution in [0, 0.1) is 0 Å². The van der Waals surface area contributed by atoms with Crippen molar-refractivity contribution < 1.29 is 5.11 Å². The van der Waals surface area contributed by atoms with E-state index in [0.29, 0.717) is 18.7 Å². The first-order valence-electron chi connectivity index (χ1n) is 8.95. The van der Waals surface area contributed by atoms with Crippen molar-refractivity contribution in [3.05, 3.63) is 63.2 Å². The number of nitrogens with one attached hydrogen (secondary N) is 1. The molecule has 2 N–H and O–H groups in total. The van der Waals surface area contributed by atoms with Gasteiger partial charge in [0.05, 0.1) is 11.3 Å². The minimum Gasteiger partial charge on any atom is -0.508 e. The van der Waals surface area contributed by atoms with Crippen LogP contribution in [0.5, 0.6) is 5.75 Å². The van der Waals surface area contributed by atoms with E-state index in [2.05, 4.69) is 30.8 Å². The lowest BCUT2D eigenvalue weighted by Gasteiger charge is -2.27. The Kier molecular flexibility index (Phi) is 3.88. The Labute approximate surface area is 152 Å². The molecule has 0 unspecified atom stereocenters. The van der Waals surface area contributed by atoms with E-state index in [1.165, 1.54) is 0 Å². The molecule has 3 aromatic rings. The van der Waals surface area contributed by atoms with E-state index in [1.807, 2.05) is 18.2 Å². The molecule has 1 aliphatic rings. The summed E-state index contributed by atoms with van der Waals surface area (Å²) >= 11 is 0. The third-order valence-electron chi connectivity index (χ3n) is 4.97. The van der Waals surface area contributed by atoms with Gasteiger partial charge in [-0.3, -0.25) is 14.8 Å². The number of fused-ring (bicyclic) bond motifs is 2. The summed E-state index contributed by atoms with van der Waals surface area (Å²) in [6.07, 6.45) is 0.760. The van der Waals surface area contributed by atoms with Crippen molar-refractivity contribution in [2.45, 2.75) is 45.7 Å². The van der Waals surface area contributed by atoms with Gasteiger partial charge in [0.2, 0.25) is 0 Å². The molecule has 0 atom stereocenters. The average Bonchev–Trinajstić information content (AvgIpc) is 3.00. The van der Waals surface area contributed by atoms with Crippen molar-refractivity contribution >= 4 is 5.65 Å². The second-order valence-corrected chi connectivity index (χ2v) is 8.09. The van der Waals surface area contributed by atoms with Crippen LogP contribution in [0.4, 0.5) is 0 Å². The summed E-state index contributed by atoms with van der Waals surface area (Å²) in [6.45, 7) is 8.46. The number of phenolic OH excluding ortho intramolecular Hbond substituents is 1. The fraction of sp³-hybridized carbons (Fsp3) is 0.400. The average molecular weight is 352 g/mol. The van der Waals surface area contributed by atoms with Crippen molar-refractivity contribution in [3.63, 3.8) is 0 Å². The van der Waals surface area contributed by atoms with E-state index < -0.39 is 0 Å². The predicted octanol–water partition coefficient (Wildman–Crippen LogP) is 2.58. The van der Waals surface area contributed by atoms with E-state index in [0.717, 1.165) is 35.5 Å². The highest BCUT2D eigenvalue weighted by Gasteiger charge is 2.24. The summed E-state index contributed by atoms with van der Waals surface area (Å²) in [5.74, 6) is 0.268. The molecule has 6 nitrogen and oxygen atoms in total. The lowest BCUT2D eigenvalue weighted by atomic mass is 9.93. The molecule has 0 aliphatic carbocycles. The van der Waals surface area contributed by atoms with Crippen LogP contribution in [0.2, 0.25) is 0 Å². The number of rotatable bonds is 2. The highest BCUT2D eigenvalue weighted by molar-refractivity contribution is 5.43. The Hall–Kier alpha value is -2.60. The molecule has 0 fully saturated rings. The second-order valence-electron chi connectivity index (χ2n) is 8.09. The summed E-state index contributed by atoms with van der Waals surface area (Å²) in [6, 6.07) is 9.24. The minimum absolute atomic E-state index is 0.0129. The van der Waals surface area contributed by atoms with Crippen LogP contribution in [0.1, 0.15) is 43.3 Å². The van der Waals surface area contributed by atoms with Gasteiger partial charge in [-0.15, -0.1) is 0 Å². The van der Waals surface area contributed by atoms with Crippen molar-refractivity contribution in [1.82, 2.24) is 19.5 Å². The van der Waals surface area contributed by atoms with E-state index in [1.54, 1.807) is 16.6 Å². The predicted molar refractivity (Wildman–Crippen MR) is 100 cm³/mol. The van der Waals surface area contributed by atoms with Gasteiger partial charge >= 0.3 is 0 Å². The van der Waals surface area contributed by atoms with Crippen molar-refractivity contribution in [2.24, 2.45) is 0 Å². The number of hydrogen-bond acceptors (Lipinski definition) is 4. The molecule has 4 rings (SSSR count). The van der Waals surface area contributed by atoms with Gasteiger partial charge in [-0.25, -0.2) is 9.50 Å². The molecular formula is C20H24N4O2. The molecule has 0 amide bonds. The van der Waals surface area contributed by atoms with E-state index in [9.17, 15) is 9.90 Å². The van der Waals surface area contributed by atoms with Gasteiger partial charge in [-0.05, 0) is 17.7 Å². The van der Waals surface area contributed by atoms with Crippen LogP contribution >= 0.6 is 0 Å². The second kappa shape index (κ2) is 5.99. The summed E-state index contributed by atoms with van der Waals surface area (Å²) in [5, 5.41) is 12.9. The van der Waals surface area contributed by atoms with Crippen LogP contribution in [-0.4, -0.2) is 31.1 Å². The van der Waals surface area contributed by atoms with Gasteiger partial charge in [0.1, 0.15) is 5.75 Å². The molecule has 0 bridgehead atoms. The fourth-order valence-electron chi connectivity index (χ4n) is 3.47. The van der Waals surface area contributed by atoms with Gasteiger partial charge in [-0.2, -0.15) is 0 Å². The quantitative estimate of drug-likeness (QED) is 0.743. The number of benzene rings is 1. The zero-order chi connectivity index (χ0) is 18.5. The molecule has 2 aromatic heterocycles. The Morgan fingerprint density at radius 3 is 2.81 bits per heavy atom. The highest BCUT2D eigenvalue weighted by Crippen LogP contribution is 2.23. The van der Waals surface area contributed by atoms with E-state index >= 15 is 0 Å². The van der Waals surface area contributed by atoms with Crippen LogP contribution in [0.25, 0.3) is 5.65 Å². The smallest absolute Gasteiger partial charge is 0.277 e. The summed E-state index contributed by atoms with van der Waals surface area (Å²) in [7, 11) is 0. The molecule has 6 heteroatoms. The summed E-state index contributed by atoms with van der Waals surface area (Å²) in [5.41, 5.74) is 4.32. The van der Waals surface area contributed by atoms with E-state index in [4.69, 9.17) is 4.98 Å². The highest BCUT2D eigenvalue weighted by atomic mass is 16.3. The third kappa shape index (κ3) is 3.01. The molecule has 1 aromatic carbocycles. The maximum atomic E-state index is 13.0. The van der Waals surface area contributed by atoms with Gasteiger partial charge < -0.3 is 5.11 Å². The molecule has 26 heavy (non-hydrogen) atoms. The molecule has 1 aliphatic heterocycles. The topological polar surface area (TPSA) is 73.6 Å². The lowest BCUT2D eigenvalue weighted by molar-refractivity contribution is 0.241. The lowest BCUT2D eigenvalue weighted by Crippen LogP contribution is -2.36. The van der Waals surface area contributed by atoms with Gasteiger partial charge in [0.15, 0.2) is 5.65 Å². The number of aromatic amines is 1. The summed E-state index contributed by atoms with van der Waals surface area (Å²) in [4.78, 5) is 19.9. The zero-order valence-corrected chi connectivity index (χ0v) is 15.4. The maximum Gasteiger partial charge on any atom is 0.277 e. The standard InChI is InChI=1S/C20H24N4O2/c1-20(2,3)17-10-18-21-16-7-8-23(11-13-5-4-6-14(25)9-13)12-15(16)19(26)24(18)22-17/h4-6,9-10,22,25H,7-8,11-12H2,1-3H3. The number of nitrogens with zero attached hydrogens (tertiary/aromatic N) is 3. The minimum atomic E-state index is -0.0675. The molecule has 136 valence electrons. The molecule has 0 saturated carbocycles. The first-order chi connectivity index (χ1) is 12.3. The van der Waals surface area contributed by atoms with Crippen LogP contribution < -0.4 is 5.56 Å². The first-order valence-corrected chi connectivity index (χ1v) is 8.95. The van der Waals surface area contributed by atoms with Crippen LogP contribution in [0.15, 0.2) is 35.1 Å². The van der Waals surface area contributed by atoms with Crippen molar-refractivity contribution in [1.29, 1.82) is 0 Å². The number of aromatic hydroxyl groups is 1. The molecular weight excluding hydrogens is 328 g/mol. The number of phenols is 1. The fourth-order valence-corrected chi connectivity index (χ4v) is 3.47. The van der Waals surface area contributed by atoms with Gasteiger partial charge in [0, 0.05) is 43.2 Å². The van der Waals surface area contributed by atoms with Crippen molar-refractivity contribution in [3.8, 4) is 5.75 Å². The Morgan fingerprint density at radius 1 is 1.27 bits per heavy atom. The van der Waals surface area contributed by atoms with Gasteiger partial charge in [-0.1, -0.05) is 32.9 Å². The maximum absolute atomic E-state index is 13.0. The number of hydrogen-bond donors (Lipinski definition) is 2. The Morgan fingerprint density at radius 2 is 2.08 bits per heavy atom. The first kappa shape index (κ1) is 16.8. The SMILES string of the molecule is CC(C)(C)c1cc2nc3c(c(=O)n2[nH]1)CN(Cc1cccc(O)c1)CC3. The van der Waals surface area contributed by atoms with Crippen LogP contribution in [-0.2, 0) is 24.9 Å². The Bertz CT molecular complexity index is 1030. The van der Waals surface area contributed by atoms with Gasteiger partial charge in [0.25, 0.3) is 5.56 Å². The Balaban J connectivity index is 1.67. The normalized spacial score (nSPS) is 15.3. The van der Waals surface area contributed by atoms with Crippen molar-refractivity contribution in [2.75, 3.05) is 6.54 Å². The van der Waals surface area contributed by atoms with Crippen LogP contribution in [0.3, 0.4) is 0 Å². The van der Waals surface area contributed by atoms with E-state index in [-0.39, 0.29) is 16.7 Å². The third-order valence-corrected chi connectivity index (χ3v) is 4.97. The molecule has 3 heterocycles. The molecule has 0 radical (unpaired) electrons. The monoisotopic (exact) mass is 352 g/mol. The zero-order valence-electron chi connectivity index (χ0n) is 15.4. The number of aromatic nitrogens is 3. The summed E-state index contributed by atoms with van der Waals surface area (Å²) < 4.78 is 1.57. The number of H-pyrrole nitrogens is 1. The largest absolute Gasteiger partial charge is 0.508 e.